The van der Waals surface area contributed by atoms with Gasteiger partial charge in [-0.15, -0.1) is 0 Å². The molecule has 142 valence electrons. The van der Waals surface area contributed by atoms with Crippen molar-refractivity contribution >= 4 is 40.3 Å². The van der Waals surface area contributed by atoms with Crippen LogP contribution in [0, 0.1) is 12.3 Å². The molecule has 2 saturated heterocycles. The first-order chi connectivity index (χ1) is 13.6. The summed E-state index contributed by atoms with van der Waals surface area (Å²) in [7, 11) is 0. The molecule has 1 spiro atoms. The van der Waals surface area contributed by atoms with E-state index in [0.717, 1.165) is 47.3 Å². The summed E-state index contributed by atoms with van der Waals surface area (Å²) in [5.74, 6) is 0.793. The minimum absolute atomic E-state index is 0.0275. The lowest BCUT2D eigenvalue weighted by Gasteiger charge is -2.59. The van der Waals surface area contributed by atoms with Gasteiger partial charge in [-0.2, -0.15) is 0 Å². The van der Waals surface area contributed by atoms with E-state index >= 15 is 0 Å². The third-order valence-electron chi connectivity index (χ3n) is 5.80. The molecule has 1 unspecified atom stereocenters. The summed E-state index contributed by atoms with van der Waals surface area (Å²) in [6.45, 7) is 4.30. The highest BCUT2D eigenvalue weighted by Crippen LogP contribution is 2.53. The predicted molar refractivity (Wildman–Crippen MR) is 110 cm³/mol. The average molecular weight is 394 g/mol. The van der Waals surface area contributed by atoms with Gasteiger partial charge in [0.05, 0.1) is 18.1 Å². The zero-order valence-corrected chi connectivity index (χ0v) is 16.2. The van der Waals surface area contributed by atoms with Crippen LogP contribution < -0.4 is 5.32 Å². The van der Waals surface area contributed by atoms with Crippen LogP contribution in [-0.4, -0.2) is 36.0 Å². The maximum Gasteiger partial charge on any atom is 0.209 e. The first kappa shape index (κ1) is 17.5. The summed E-state index contributed by atoms with van der Waals surface area (Å²) in [5, 5.41) is 6.28. The standard InChI is InChI=1S/C22H20ClN3O2/c1-14-4-2-7-17-19(14)18(20-22(12-28-20)10-26(11-22)13-27)9-24-21(17)25-16-6-3-5-15(23)8-16/h2-9,13,20H,10-12H2,1H3,(H,24,25). The second-order valence-electron chi connectivity index (χ2n) is 7.76. The molecule has 2 fully saturated rings. The number of ether oxygens (including phenoxy) is 1. The van der Waals surface area contributed by atoms with Gasteiger partial charge in [0.2, 0.25) is 6.41 Å². The van der Waals surface area contributed by atoms with Gasteiger partial charge in [0, 0.05) is 40.9 Å². The Labute approximate surface area is 168 Å². The Kier molecular flexibility index (Phi) is 4.03. The summed E-state index contributed by atoms with van der Waals surface area (Å²) in [6.07, 6.45) is 2.80. The maximum atomic E-state index is 11.0. The number of carbonyl (C=O) groups excluding carboxylic acids is 1. The number of halogens is 1. The summed E-state index contributed by atoms with van der Waals surface area (Å²) in [5.41, 5.74) is 3.20. The zero-order valence-electron chi connectivity index (χ0n) is 15.5. The van der Waals surface area contributed by atoms with Crippen molar-refractivity contribution < 1.29 is 9.53 Å². The minimum Gasteiger partial charge on any atom is -0.372 e. The molecule has 6 heteroatoms. The van der Waals surface area contributed by atoms with Crippen molar-refractivity contribution in [1.29, 1.82) is 0 Å². The minimum atomic E-state index is -0.0278. The first-order valence-electron chi connectivity index (χ1n) is 9.31. The van der Waals surface area contributed by atoms with Crippen molar-refractivity contribution in [3.05, 3.63) is 64.8 Å². The number of hydrogen-bond donors (Lipinski definition) is 1. The van der Waals surface area contributed by atoms with E-state index in [1.165, 1.54) is 5.56 Å². The molecule has 0 aliphatic carbocycles. The molecule has 0 radical (unpaired) electrons. The molecule has 0 saturated carbocycles. The Morgan fingerprint density at radius 1 is 1.29 bits per heavy atom. The molecule has 5 nitrogen and oxygen atoms in total. The van der Waals surface area contributed by atoms with Crippen LogP contribution in [0.15, 0.2) is 48.7 Å². The maximum absolute atomic E-state index is 11.0. The van der Waals surface area contributed by atoms with Crippen molar-refractivity contribution in [3.63, 3.8) is 0 Å². The smallest absolute Gasteiger partial charge is 0.209 e. The number of hydrogen-bond acceptors (Lipinski definition) is 4. The number of aromatic nitrogens is 1. The molecule has 1 aromatic heterocycles. The number of amides is 1. The molecule has 2 aliphatic heterocycles. The van der Waals surface area contributed by atoms with E-state index in [1.807, 2.05) is 36.5 Å². The van der Waals surface area contributed by atoms with Gasteiger partial charge in [0.25, 0.3) is 0 Å². The summed E-state index contributed by atoms with van der Waals surface area (Å²) in [6, 6.07) is 13.8. The monoisotopic (exact) mass is 393 g/mol. The Hall–Kier alpha value is -2.63. The Morgan fingerprint density at radius 3 is 2.82 bits per heavy atom. The molecular formula is C22H20ClN3O2. The Balaban J connectivity index is 1.56. The van der Waals surface area contributed by atoms with Gasteiger partial charge in [-0.05, 0) is 36.1 Å². The first-order valence-corrected chi connectivity index (χ1v) is 9.69. The number of pyridine rings is 1. The van der Waals surface area contributed by atoms with Gasteiger partial charge >= 0.3 is 0 Å². The highest BCUT2D eigenvalue weighted by Gasteiger charge is 2.57. The fourth-order valence-electron chi connectivity index (χ4n) is 4.43. The summed E-state index contributed by atoms with van der Waals surface area (Å²) >= 11 is 6.12. The van der Waals surface area contributed by atoms with Crippen molar-refractivity contribution in [2.45, 2.75) is 13.0 Å². The van der Waals surface area contributed by atoms with Gasteiger partial charge in [-0.1, -0.05) is 35.9 Å². The summed E-state index contributed by atoms with van der Waals surface area (Å²) in [4.78, 5) is 17.5. The quantitative estimate of drug-likeness (QED) is 0.664. The van der Waals surface area contributed by atoms with Crippen LogP contribution in [0.5, 0.6) is 0 Å². The molecule has 1 N–H and O–H groups in total. The fourth-order valence-corrected chi connectivity index (χ4v) is 4.62. The van der Waals surface area contributed by atoms with E-state index in [-0.39, 0.29) is 11.5 Å². The Bertz CT molecular complexity index is 1080. The molecule has 2 aromatic carbocycles. The molecule has 2 aliphatic rings. The predicted octanol–water partition coefficient (Wildman–Crippen LogP) is 4.47. The lowest BCUT2D eigenvalue weighted by atomic mass is 9.69. The summed E-state index contributed by atoms with van der Waals surface area (Å²) < 4.78 is 5.98. The highest BCUT2D eigenvalue weighted by molar-refractivity contribution is 6.30. The van der Waals surface area contributed by atoms with Crippen molar-refractivity contribution in [2.24, 2.45) is 5.41 Å². The van der Waals surface area contributed by atoms with Gasteiger partial charge in [0.15, 0.2) is 0 Å². The van der Waals surface area contributed by atoms with Crippen LogP contribution >= 0.6 is 11.6 Å². The SMILES string of the molecule is Cc1cccc2c(Nc3cccc(Cl)c3)ncc(C3OCC34CN(C=O)C4)c12. The number of rotatable bonds is 4. The van der Waals surface area contributed by atoms with Gasteiger partial charge < -0.3 is 15.0 Å². The van der Waals surface area contributed by atoms with Crippen LogP contribution in [-0.2, 0) is 9.53 Å². The number of likely N-dealkylation sites (tertiary alicyclic amines) is 1. The van der Waals surface area contributed by atoms with Crippen molar-refractivity contribution in [1.82, 2.24) is 9.88 Å². The van der Waals surface area contributed by atoms with E-state index in [4.69, 9.17) is 21.3 Å². The van der Waals surface area contributed by atoms with E-state index in [0.29, 0.717) is 11.6 Å². The molecule has 3 heterocycles. The van der Waals surface area contributed by atoms with Gasteiger partial charge in [0.1, 0.15) is 5.82 Å². The molecule has 28 heavy (non-hydrogen) atoms. The molecule has 1 atom stereocenters. The zero-order chi connectivity index (χ0) is 19.3. The van der Waals surface area contributed by atoms with Crippen molar-refractivity contribution in [2.75, 3.05) is 25.0 Å². The molecule has 3 aromatic rings. The Morgan fingerprint density at radius 2 is 2.11 bits per heavy atom. The number of fused-ring (bicyclic) bond motifs is 1. The van der Waals surface area contributed by atoms with E-state index in [1.54, 1.807) is 4.90 Å². The fraction of sp³-hybridized carbons (Fsp3) is 0.273. The second-order valence-corrected chi connectivity index (χ2v) is 8.20. The lowest BCUT2D eigenvalue weighted by molar-refractivity contribution is -0.244. The average Bonchev–Trinajstić information content (AvgIpc) is 2.62. The number of aryl methyl sites for hydroxylation is 1. The third-order valence-corrected chi connectivity index (χ3v) is 6.03. The van der Waals surface area contributed by atoms with Crippen LogP contribution in [0.25, 0.3) is 10.8 Å². The lowest BCUT2D eigenvalue weighted by Crippen LogP contribution is -2.66. The number of anilines is 2. The van der Waals surface area contributed by atoms with Crippen molar-refractivity contribution in [3.8, 4) is 0 Å². The normalized spacial score (nSPS) is 19.9. The number of carbonyl (C=O) groups is 1. The largest absolute Gasteiger partial charge is 0.372 e. The topological polar surface area (TPSA) is 54.5 Å². The molecule has 0 bridgehead atoms. The number of nitrogens with zero attached hydrogens (tertiary/aromatic N) is 2. The van der Waals surface area contributed by atoms with Crippen LogP contribution in [0.3, 0.4) is 0 Å². The van der Waals surface area contributed by atoms with Gasteiger partial charge in [-0.25, -0.2) is 4.98 Å². The van der Waals surface area contributed by atoms with E-state index in [9.17, 15) is 4.79 Å². The third kappa shape index (κ3) is 2.65. The van der Waals surface area contributed by atoms with Crippen LogP contribution in [0.4, 0.5) is 11.5 Å². The number of benzene rings is 2. The number of nitrogens with one attached hydrogen (secondary N) is 1. The molecule has 1 amide bonds. The van der Waals surface area contributed by atoms with E-state index in [2.05, 4.69) is 24.4 Å². The highest BCUT2D eigenvalue weighted by atomic mass is 35.5. The molecular weight excluding hydrogens is 374 g/mol. The van der Waals surface area contributed by atoms with Gasteiger partial charge in [-0.3, -0.25) is 4.79 Å². The van der Waals surface area contributed by atoms with E-state index < -0.39 is 0 Å². The van der Waals surface area contributed by atoms with Crippen LogP contribution in [0.2, 0.25) is 5.02 Å². The molecule has 5 rings (SSSR count). The van der Waals surface area contributed by atoms with Crippen LogP contribution in [0.1, 0.15) is 17.2 Å². The second kappa shape index (κ2) is 6.47.